The molecular weight excluding hydrogens is 262 g/mol. The highest BCUT2D eigenvalue weighted by Gasteiger charge is 2.01. The van der Waals surface area contributed by atoms with Crippen LogP contribution in [0.1, 0.15) is 11.5 Å². The summed E-state index contributed by atoms with van der Waals surface area (Å²) >= 11 is 1.77. The van der Waals surface area contributed by atoms with Gasteiger partial charge in [-0.25, -0.2) is 0 Å². The molecule has 3 N–H and O–H groups in total. The molecule has 0 fully saturated rings. The lowest BCUT2D eigenvalue weighted by Gasteiger charge is -2.05. The molecule has 1 rings (SSSR count). The average molecular weight is 281 g/mol. The fourth-order valence-electron chi connectivity index (χ4n) is 1.42. The molecule has 0 spiro atoms. The molecule has 0 bridgehead atoms. The number of nitrogens with zero attached hydrogens (tertiary/aromatic N) is 2. The summed E-state index contributed by atoms with van der Waals surface area (Å²) in [7, 11) is 3.52. The molecular formula is C12H19N5OS. The van der Waals surface area contributed by atoms with Gasteiger partial charge in [-0.3, -0.25) is 10.3 Å². The standard InChI is InChI=1S/C12H19N5OS/c1-14-7-10-3-4-11(18-10)8-19-6-5-16-12(15-2)17-9-13/h3-4,14H,5-8H2,1-2H3,(H2,15,16,17). The Bertz CT molecular complexity index is 438. The molecule has 0 aliphatic rings. The molecule has 1 heterocycles. The van der Waals surface area contributed by atoms with Gasteiger partial charge in [-0.1, -0.05) is 0 Å². The molecule has 6 nitrogen and oxygen atoms in total. The van der Waals surface area contributed by atoms with Crippen molar-refractivity contribution in [2.24, 2.45) is 4.99 Å². The van der Waals surface area contributed by atoms with Gasteiger partial charge in [0, 0.05) is 19.3 Å². The number of guanidine groups is 1. The molecule has 0 amide bonds. The van der Waals surface area contributed by atoms with Crippen LogP contribution in [0.2, 0.25) is 0 Å². The smallest absolute Gasteiger partial charge is 0.204 e. The van der Waals surface area contributed by atoms with Crippen LogP contribution in [0.25, 0.3) is 0 Å². The van der Waals surface area contributed by atoms with Gasteiger partial charge in [0.2, 0.25) is 5.96 Å². The van der Waals surface area contributed by atoms with Gasteiger partial charge in [-0.05, 0) is 19.2 Å². The molecule has 0 radical (unpaired) electrons. The lowest BCUT2D eigenvalue weighted by molar-refractivity contribution is 0.469. The monoisotopic (exact) mass is 281 g/mol. The zero-order valence-corrected chi connectivity index (χ0v) is 12.0. The van der Waals surface area contributed by atoms with Crippen molar-refractivity contribution in [3.63, 3.8) is 0 Å². The van der Waals surface area contributed by atoms with E-state index < -0.39 is 0 Å². The van der Waals surface area contributed by atoms with Crippen molar-refractivity contribution in [1.82, 2.24) is 16.0 Å². The fourth-order valence-corrected chi connectivity index (χ4v) is 2.16. The highest BCUT2D eigenvalue weighted by atomic mass is 32.2. The molecule has 7 heteroatoms. The lowest BCUT2D eigenvalue weighted by atomic mass is 10.4. The number of hydrogen-bond donors (Lipinski definition) is 3. The minimum absolute atomic E-state index is 0.498. The van der Waals surface area contributed by atoms with Crippen LogP contribution in [0.4, 0.5) is 0 Å². The quantitative estimate of drug-likeness (QED) is 0.226. The van der Waals surface area contributed by atoms with Crippen LogP contribution in [0.3, 0.4) is 0 Å². The van der Waals surface area contributed by atoms with E-state index in [9.17, 15) is 0 Å². The first-order chi connectivity index (χ1) is 9.30. The van der Waals surface area contributed by atoms with Gasteiger partial charge in [0.25, 0.3) is 0 Å². The van der Waals surface area contributed by atoms with Crippen LogP contribution in [-0.2, 0) is 12.3 Å². The summed E-state index contributed by atoms with van der Waals surface area (Å²) in [5, 5.41) is 17.0. The van der Waals surface area contributed by atoms with E-state index in [0.717, 1.165) is 36.1 Å². The van der Waals surface area contributed by atoms with Gasteiger partial charge in [0.05, 0.1) is 12.3 Å². The van der Waals surface area contributed by atoms with Gasteiger partial charge < -0.3 is 15.1 Å². The molecule has 0 aromatic carbocycles. The Morgan fingerprint density at radius 3 is 2.95 bits per heavy atom. The predicted molar refractivity (Wildman–Crippen MR) is 77.7 cm³/mol. The molecule has 0 aliphatic carbocycles. The maximum absolute atomic E-state index is 8.46. The maximum Gasteiger partial charge on any atom is 0.204 e. The van der Waals surface area contributed by atoms with Crippen molar-refractivity contribution >= 4 is 17.7 Å². The van der Waals surface area contributed by atoms with E-state index in [1.54, 1.807) is 18.8 Å². The molecule has 19 heavy (non-hydrogen) atoms. The predicted octanol–water partition coefficient (Wildman–Crippen LogP) is 0.878. The lowest BCUT2D eigenvalue weighted by Crippen LogP contribution is -2.35. The van der Waals surface area contributed by atoms with E-state index in [4.69, 9.17) is 9.68 Å². The van der Waals surface area contributed by atoms with Crippen LogP contribution < -0.4 is 16.0 Å². The number of nitrogens with one attached hydrogen (secondary N) is 3. The normalized spacial score (nSPS) is 11.1. The zero-order chi connectivity index (χ0) is 13.9. The minimum atomic E-state index is 0.498. The van der Waals surface area contributed by atoms with Crippen LogP contribution in [0.15, 0.2) is 21.5 Å². The molecule has 104 valence electrons. The first-order valence-electron chi connectivity index (χ1n) is 5.95. The zero-order valence-electron chi connectivity index (χ0n) is 11.2. The number of aliphatic imine (C=N–C) groups is 1. The maximum atomic E-state index is 8.46. The first kappa shape index (κ1) is 15.4. The highest BCUT2D eigenvalue weighted by Crippen LogP contribution is 2.14. The SMILES string of the molecule is CN=C(NC#N)NCCSCc1ccc(CNC)o1. The Morgan fingerprint density at radius 2 is 2.26 bits per heavy atom. The summed E-state index contributed by atoms with van der Waals surface area (Å²) in [5.74, 6) is 4.19. The number of rotatable bonds is 7. The average Bonchev–Trinajstić information content (AvgIpc) is 2.85. The van der Waals surface area contributed by atoms with E-state index in [1.807, 2.05) is 25.4 Å². The number of nitriles is 1. The third-order valence-electron chi connectivity index (χ3n) is 2.25. The third-order valence-corrected chi connectivity index (χ3v) is 3.23. The summed E-state index contributed by atoms with van der Waals surface area (Å²) in [6, 6.07) is 3.99. The van der Waals surface area contributed by atoms with Crippen LogP contribution >= 0.6 is 11.8 Å². The second kappa shape index (κ2) is 9.30. The molecule has 1 aromatic rings. The number of furan rings is 1. The second-order valence-electron chi connectivity index (χ2n) is 3.69. The summed E-state index contributed by atoms with van der Waals surface area (Å²) in [6.45, 7) is 1.50. The van der Waals surface area contributed by atoms with Gasteiger partial charge in [0.1, 0.15) is 11.5 Å². The van der Waals surface area contributed by atoms with Gasteiger partial charge in [0.15, 0.2) is 6.19 Å². The topological polar surface area (TPSA) is 85.4 Å². The van der Waals surface area contributed by atoms with Gasteiger partial charge in [-0.2, -0.15) is 17.0 Å². The largest absolute Gasteiger partial charge is 0.464 e. The van der Waals surface area contributed by atoms with E-state index in [2.05, 4.69) is 20.9 Å². The molecule has 0 atom stereocenters. The summed E-state index contributed by atoms with van der Waals surface area (Å²) < 4.78 is 5.63. The van der Waals surface area contributed by atoms with Crippen molar-refractivity contribution in [3.8, 4) is 6.19 Å². The summed E-state index contributed by atoms with van der Waals surface area (Å²) in [5.41, 5.74) is 0. The van der Waals surface area contributed by atoms with E-state index in [-0.39, 0.29) is 0 Å². The first-order valence-corrected chi connectivity index (χ1v) is 7.11. The molecule has 0 unspecified atom stereocenters. The second-order valence-corrected chi connectivity index (χ2v) is 4.79. The minimum Gasteiger partial charge on any atom is -0.464 e. The van der Waals surface area contributed by atoms with E-state index >= 15 is 0 Å². The van der Waals surface area contributed by atoms with Crippen molar-refractivity contribution in [2.45, 2.75) is 12.3 Å². The van der Waals surface area contributed by atoms with E-state index in [0.29, 0.717) is 5.96 Å². The summed E-state index contributed by atoms with van der Waals surface area (Å²) in [6.07, 6.45) is 1.83. The van der Waals surface area contributed by atoms with Crippen molar-refractivity contribution in [2.75, 3.05) is 26.4 Å². The Morgan fingerprint density at radius 1 is 1.47 bits per heavy atom. The highest BCUT2D eigenvalue weighted by molar-refractivity contribution is 7.98. The number of hydrogen-bond acceptors (Lipinski definition) is 5. The Kier molecular flexibility index (Phi) is 7.54. The van der Waals surface area contributed by atoms with Gasteiger partial charge >= 0.3 is 0 Å². The van der Waals surface area contributed by atoms with Crippen molar-refractivity contribution < 1.29 is 4.42 Å². The molecule has 0 saturated heterocycles. The van der Waals surface area contributed by atoms with Crippen LogP contribution in [0, 0.1) is 11.5 Å². The molecule has 1 aromatic heterocycles. The Hall–Kier alpha value is -1.65. The van der Waals surface area contributed by atoms with Crippen molar-refractivity contribution in [3.05, 3.63) is 23.7 Å². The molecule has 0 saturated carbocycles. The summed E-state index contributed by atoms with van der Waals surface area (Å²) in [4.78, 5) is 3.89. The van der Waals surface area contributed by atoms with E-state index in [1.165, 1.54) is 0 Å². The Balaban J connectivity index is 2.15. The van der Waals surface area contributed by atoms with Crippen LogP contribution in [0.5, 0.6) is 0 Å². The van der Waals surface area contributed by atoms with Gasteiger partial charge in [-0.15, -0.1) is 0 Å². The van der Waals surface area contributed by atoms with Crippen molar-refractivity contribution in [1.29, 1.82) is 5.26 Å². The number of thioether (sulfide) groups is 1. The van der Waals surface area contributed by atoms with Crippen LogP contribution in [-0.4, -0.2) is 32.4 Å². The fraction of sp³-hybridized carbons (Fsp3) is 0.500. The molecule has 0 aliphatic heterocycles. The third kappa shape index (κ3) is 6.18. The Labute approximate surface area is 117 Å².